The Bertz CT molecular complexity index is 697. The van der Waals surface area contributed by atoms with Gasteiger partial charge in [0.2, 0.25) is 0 Å². The largest absolute Gasteiger partial charge is 0.361 e. The molecule has 0 aliphatic carbocycles. The van der Waals surface area contributed by atoms with Crippen molar-refractivity contribution in [2.45, 2.75) is 51.1 Å². The van der Waals surface area contributed by atoms with Crippen LogP contribution in [0.25, 0.3) is 10.9 Å². The highest BCUT2D eigenvalue weighted by Gasteiger charge is 2.35. The van der Waals surface area contributed by atoms with Crippen molar-refractivity contribution < 1.29 is 0 Å². The quantitative estimate of drug-likeness (QED) is 0.717. The van der Waals surface area contributed by atoms with E-state index >= 15 is 0 Å². The van der Waals surface area contributed by atoms with E-state index in [0.717, 1.165) is 13.1 Å². The predicted molar refractivity (Wildman–Crippen MR) is 116 cm³/mol. The lowest BCUT2D eigenvalue weighted by Gasteiger charge is -2.46. The molecular weight excluding hydrogens is 332 g/mol. The smallest absolute Gasteiger partial charge is 0.0457 e. The standard InChI is InChI=1S/C23H38N4/c1-5-6-11-23(25(2)3)12-15-27(16-13-23)18-17-26(4)19-20-8-7-9-22-21(20)10-14-24-22/h7-10,14,24H,5-6,11-13,15-19H2,1-4H3. The van der Waals surface area contributed by atoms with E-state index in [4.69, 9.17) is 0 Å². The zero-order valence-electron chi connectivity index (χ0n) is 17.8. The van der Waals surface area contributed by atoms with Gasteiger partial charge in [0.1, 0.15) is 0 Å². The molecule has 27 heavy (non-hydrogen) atoms. The number of likely N-dealkylation sites (tertiary alicyclic amines) is 1. The third kappa shape index (κ3) is 4.92. The van der Waals surface area contributed by atoms with Crippen LogP contribution in [-0.2, 0) is 6.54 Å². The lowest BCUT2D eigenvalue weighted by atomic mass is 9.82. The fourth-order valence-electron chi connectivity index (χ4n) is 4.59. The molecule has 1 aromatic carbocycles. The molecule has 1 aliphatic heterocycles. The minimum absolute atomic E-state index is 0.433. The summed E-state index contributed by atoms with van der Waals surface area (Å²) in [6, 6.07) is 8.76. The first-order valence-electron chi connectivity index (χ1n) is 10.7. The highest BCUT2D eigenvalue weighted by Crippen LogP contribution is 2.32. The van der Waals surface area contributed by atoms with Crippen LogP contribution in [0, 0.1) is 0 Å². The second kappa shape index (κ2) is 9.22. The van der Waals surface area contributed by atoms with Gasteiger partial charge >= 0.3 is 0 Å². The van der Waals surface area contributed by atoms with Crippen molar-refractivity contribution in [2.75, 3.05) is 47.3 Å². The van der Waals surface area contributed by atoms with Crippen LogP contribution in [0.2, 0.25) is 0 Å². The molecule has 1 aliphatic rings. The van der Waals surface area contributed by atoms with Gasteiger partial charge in [-0.3, -0.25) is 0 Å². The molecule has 0 unspecified atom stereocenters. The van der Waals surface area contributed by atoms with Crippen molar-refractivity contribution in [1.82, 2.24) is 19.7 Å². The Balaban J connectivity index is 1.47. The van der Waals surface area contributed by atoms with Gasteiger partial charge < -0.3 is 19.7 Å². The summed E-state index contributed by atoms with van der Waals surface area (Å²) in [5.41, 5.74) is 3.09. The maximum absolute atomic E-state index is 3.32. The molecule has 2 heterocycles. The van der Waals surface area contributed by atoms with Crippen LogP contribution in [0.4, 0.5) is 0 Å². The normalized spacial score (nSPS) is 18.0. The van der Waals surface area contributed by atoms with Crippen molar-refractivity contribution >= 4 is 10.9 Å². The number of likely N-dealkylation sites (N-methyl/N-ethyl adjacent to an activating group) is 1. The van der Waals surface area contributed by atoms with Crippen molar-refractivity contribution in [3.63, 3.8) is 0 Å². The number of benzene rings is 1. The first-order chi connectivity index (χ1) is 13.0. The molecule has 150 valence electrons. The molecule has 1 aromatic heterocycles. The summed E-state index contributed by atoms with van der Waals surface area (Å²) in [6.45, 7) is 8.11. The molecule has 0 radical (unpaired) electrons. The number of rotatable bonds is 9. The molecule has 0 saturated carbocycles. The van der Waals surface area contributed by atoms with E-state index in [1.165, 1.54) is 68.2 Å². The number of H-pyrrole nitrogens is 1. The number of hydrogen-bond acceptors (Lipinski definition) is 3. The Hall–Kier alpha value is -1.36. The molecular formula is C23H38N4. The molecule has 0 amide bonds. The third-order valence-electron chi connectivity index (χ3n) is 6.65. The average molecular weight is 371 g/mol. The van der Waals surface area contributed by atoms with Crippen LogP contribution in [0.1, 0.15) is 44.6 Å². The molecule has 1 saturated heterocycles. The van der Waals surface area contributed by atoms with Crippen LogP contribution in [0.5, 0.6) is 0 Å². The van der Waals surface area contributed by atoms with Crippen molar-refractivity contribution in [1.29, 1.82) is 0 Å². The van der Waals surface area contributed by atoms with E-state index in [2.05, 4.69) is 72.0 Å². The van der Waals surface area contributed by atoms with Crippen LogP contribution in [-0.4, -0.2) is 72.5 Å². The van der Waals surface area contributed by atoms with Gasteiger partial charge in [-0.15, -0.1) is 0 Å². The fraction of sp³-hybridized carbons (Fsp3) is 0.652. The van der Waals surface area contributed by atoms with E-state index in [0.29, 0.717) is 5.54 Å². The molecule has 3 rings (SSSR count). The maximum atomic E-state index is 3.32. The van der Waals surface area contributed by atoms with Crippen LogP contribution in [0.3, 0.4) is 0 Å². The van der Waals surface area contributed by atoms with E-state index in [1.807, 2.05) is 6.20 Å². The number of hydrogen-bond donors (Lipinski definition) is 1. The molecule has 0 spiro atoms. The highest BCUT2D eigenvalue weighted by molar-refractivity contribution is 5.82. The number of piperidine rings is 1. The van der Waals surface area contributed by atoms with Gasteiger partial charge in [0.15, 0.2) is 0 Å². The second-order valence-corrected chi connectivity index (χ2v) is 8.66. The monoisotopic (exact) mass is 370 g/mol. The first kappa shape index (κ1) is 20.4. The molecule has 0 bridgehead atoms. The minimum atomic E-state index is 0.433. The number of aromatic nitrogens is 1. The number of unbranched alkanes of at least 4 members (excludes halogenated alkanes) is 1. The van der Waals surface area contributed by atoms with Crippen molar-refractivity contribution in [3.8, 4) is 0 Å². The molecule has 4 heteroatoms. The summed E-state index contributed by atoms with van der Waals surface area (Å²) < 4.78 is 0. The van der Waals surface area contributed by atoms with Crippen LogP contribution < -0.4 is 0 Å². The van der Waals surface area contributed by atoms with Gasteiger partial charge in [0.05, 0.1) is 0 Å². The lowest BCUT2D eigenvalue weighted by molar-refractivity contribution is 0.0443. The zero-order chi connectivity index (χ0) is 19.3. The van der Waals surface area contributed by atoms with Gasteiger partial charge in [0, 0.05) is 42.3 Å². The number of aromatic amines is 1. The van der Waals surface area contributed by atoms with E-state index in [-0.39, 0.29) is 0 Å². The fourth-order valence-corrected chi connectivity index (χ4v) is 4.59. The summed E-state index contributed by atoms with van der Waals surface area (Å²) in [7, 11) is 6.81. The Morgan fingerprint density at radius 2 is 1.89 bits per heavy atom. The Kier molecular flexibility index (Phi) is 6.96. The summed E-state index contributed by atoms with van der Waals surface area (Å²) in [4.78, 5) is 11.0. The molecule has 4 nitrogen and oxygen atoms in total. The Morgan fingerprint density at radius 3 is 2.59 bits per heavy atom. The minimum Gasteiger partial charge on any atom is -0.361 e. The van der Waals surface area contributed by atoms with E-state index in [1.54, 1.807) is 0 Å². The van der Waals surface area contributed by atoms with Crippen molar-refractivity contribution in [3.05, 3.63) is 36.0 Å². The topological polar surface area (TPSA) is 25.5 Å². The third-order valence-corrected chi connectivity index (χ3v) is 6.65. The van der Waals surface area contributed by atoms with Crippen molar-refractivity contribution in [2.24, 2.45) is 0 Å². The predicted octanol–water partition coefficient (Wildman–Crippen LogP) is 4.19. The van der Waals surface area contributed by atoms with E-state index in [9.17, 15) is 0 Å². The zero-order valence-corrected chi connectivity index (χ0v) is 17.8. The van der Waals surface area contributed by atoms with Crippen LogP contribution in [0.15, 0.2) is 30.5 Å². The number of nitrogens with zero attached hydrogens (tertiary/aromatic N) is 3. The SMILES string of the molecule is CCCCC1(N(C)C)CCN(CCN(C)Cc2cccc3[nH]ccc23)CC1. The van der Waals surface area contributed by atoms with Gasteiger partial charge in [-0.25, -0.2) is 0 Å². The van der Waals surface area contributed by atoms with Crippen LogP contribution >= 0.6 is 0 Å². The Morgan fingerprint density at radius 1 is 1.11 bits per heavy atom. The highest BCUT2D eigenvalue weighted by atomic mass is 15.2. The summed E-state index contributed by atoms with van der Waals surface area (Å²) in [5, 5.41) is 1.36. The Labute approximate surface area is 165 Å². The van der Waals surface area contributed by atoms with Gasteiger partial charge in [-0.05, 0) is 71.2 Å². The second-order valence-electron chi connectivity index (χ2n) is 8.66. The maximum Gasteiger partial charge on any atom is 0.0457 e. The average Bonchev–Trinajstić information content (AvgIpc) is 3.15. The molecule has 0 atom stereocenters. The molecule has 1 fully saturated rings. The molecule has 2 aromatic rings. The van der Waals surface area contributed by atoms with Gasteiger partial charge in [0.25, 0.3) is 0 Å². The van der Waals surface area contributed by atoms with Gasteiger partial charge in [-0.1, -0.05) is 31.9 Å². The van der Waals surface area contributed by atoms with E-state index < -0.39 is 0 Å². The number of fused-ring (bicyclic) bond motifs is 1. The first-order valence-corrected chi connectivity index (χ1v) is 10.7. The summed E-state index contributed by atoms with van der Waals surface area (Å²) >= 11 is 0. The van der Waals surface area contributed by atoms with Gasteiger partial charge in [-0.2, -0.15) is 0 Å². The number of nitrogens with one attached hydrogen (secondary N) is 1. The summed E-state index contributed by atoms with van der Waals surface area (Å²) in [5.74, 6) is 0. The molecule has 1 N–H and O–H groups in total. The lowest BCUT2D eigenvalue weighted by Crippen LogP contribution is -2.53. The summed E-state index contributed by atoms with van der Waals surface area (Å²) in [6.07, 6.45) is 8.67.